The SMILES string of the molecule is O=C(O)CON([O-])CCN1CC(OC2=C(C(=O)O)C(O)=C(CC[B]I)CC2)C1. The zero-order valence-electron chi connectivity index (χ0n) is 15.2. The van der Waals surface area contributed by atoms with Gasteiger partial charge in [0, 0.05) is 32.6 Å². The number of aliphatic hydroxyl groups is 1. The van der Waals surface area contributed by atoms with Gasteiger partial charge in [0.2, 0.25) is 0 Å². The van der Waals surface area contributed by atoms with E-state index in [1.807, 2.05) is 10.0 Å². The molecule has 0 unspecified atom stereocenters. The standard InChI is InChI=1S/C16H22BIN2O8/c18-17-4-3-10-1-2-12(14(15(10)23)16(24)25)28-11-7-19(8-11)5-6-20(26)27-9-13(21)22/h11,23H,1-9H2,(H,21,22)(H,24,25)/q-1. The quantitative estimate of drug-likeness (QED) is 0.201. The van der Waals surface area contributed by atoms with Crippen LogP contribution in [0.2, 0.25) is 6.32 Å². The molecule has 0 saturated carbocycles. The summed E-state index contributed by atoms with van der Waals surface area (Å²) in [5.74, 6) is -2.34. The minimum absolute atomic E-state index is 0.0101. The Morgan fingerprint density at radius 2 is 2.04 bits per heavy atom. The van der Waals surface area contributed by atoms with Gasteiger partial charge in [-0.15, -0.1) is 0 Å². The lowest BCUT2D eigenvalue weighted by atomic mass is 9.88. The van der Waals surface area contributed by atoms with Crippen molar-refractivity contribution in [2.45, 2.75) is 31.7 Å². The minimum atomic E-state index is -1.22. The van der Waals surface area contributed by atoms with E-state index in [1.165, 1.54) is 0 Å². The van der Waals surface area contributed by atoms with Crippen molar-refractivity contribution in [2.75, 3.05) is 32.8 Å². The third kappa shape index (κ3) is 6.62. The van der Waals surface area contributed by atoms with Crippen LogP contribution in [0.4, 0.5) is 0 Å². The number of hydrogen-bond donors (Lipinski definition) is 3. The number of hydroxylamine groups is 2. The van der Waals surface area contributed by atoms with Gasteiger partial charge in [0.25, 0.3) is 0 Å². The third-order valence-corrected chi connectivity index (χ3v) is 5.06. The van der Waals surface area contributed by atoms with Crippen LogP contribution in [0.25, 0.3) is 0 Å². The molecule has 0 bridgehead atoms. The van der Waals surface area contributed by atoms with Crippen molar-refractivity contribution in [3.8, 4) is 0 Å². The summed E-state index contributed by atoms with van der Waals surface area (Å²) in [6.07, 6.45) is 2.14. The van der Waals surface area contributed by atoms with Crippen LogP contribution in [0.1, 0.15) is 19.3 Å². The average molecular weight is 508 g/mol. The number of aliphatic hydroxyl groups excluding tert-OH is 1. The first-order valence-corrected chi connectivity index (χ1v) is 10.0. The number of rotatable bonds is 12. The zero-order valence-corrected chi connectivity index (χ0v) is 17.3. The molecule has 1 aliphatic carbocycles. The van der Waals surface area contributed by atoms with Crippen molar-refractivity contribution in [1.82, 2.24) is 10.1 Å². The molecule has 1 saturated heterocycles. The topological polar surface area (TPSA) is 143 Å². The highest BCUT2D eigenvalue weighted by Gasteiger charge is 2.33. The van der Waals surface area contributed by atoms with Crippen LogP contribution in [-0.2, 0) is 19.2 Å². The number of likely N-dealkylation sites (tertiary alicyclic amines) is 1. The van der Waals surface area contributed by atoms with Crippen LogP contribution < -0.4 is 0 Å². The molecule has 1 aliphatic heterocycles. The van der Waals surface area contributed by atoms with E-state index in [4.69, 9.17) is 9.84 Å². The van der Waals surface area contributed by atoms with Gasteiger partial charge in [-0.05, 0) is 18.4 Å². The maximum Gasteiger partial charge on any atom is 0.342 e. The van der Waals surface area contributed by atoms with Gasteiger partial charge in [0.05, 0.1) is 0 Å². The average Bonchev–Trinajstić information content (AvgIpc) is 2.60. The van der Waals surface area contributed by atoms with E-state index in [-0.39, 0.29) is 35.0 Å². The molecule has 0 aromatic carbocycles. The number of ether oxygens (including phenoxy) is 1. The first-order chi connectivity index (χ1) is 13.3. The van der Waals surface area contributed by atoms with Crippen molar-refractivity contribution in [3.05, 3.63) is 27.9 Å². The van der Waals surface area contributed by atoms with E-state index in [2.05, 4.69) is 27.2 Å². The van der Waals surface area contributed by atoms with Crippen LogP contribution in [0, 0.1) is 5.21 Å². The lowest BCUT2D eigenvalue weighted by Crippen LogP contribution is -2.53. The number of aliphatic carboxylic acids is 2. The van der Waals surface area contributed by atoms with Gasteiger partial charge >= 0.3 is 11.9 Å². The largest absolute Gasteiger partial charge is 0.762 e. The summed E-state index contributed by atoms with van der Waals surface area (Å²) in [5.41, 5.74) is 0.561. The molecular formula is C16H22BIN2O8-. The highest BCUT2D eigenvalue weighted by molar-refractivity contribution is 14.1. The van der Waals surface area contributed by atoms with E-state index in [0.717, 1.165) is 11.9 Å². The Morgan fingerprint density at radius 1 is 1.32 bits per heavy atom. The molecule has 0 aromatic heterocycles. The lowest BCUT2D eigenvalue weighted by Gasteiger charge is -2.41. The Kier molecular flexibility index (Phi) is 9.01. The summed E-state index contributed by atoms with van der Waals surface area (Å²) in [7, 11) is 0. The van der Waals surface area contributed by atoms with Gasteiger partial charge < -0.3 is 25.3 Å². The van der Waals surface area contributed by atoms with Gasteiger partial charge in [-0.25, -0.2) is 9.59 Å². The summed E-state index contributed by atoms with van der Waals surface area (Å²) in [5, 5.41) is 41.7. The number of halogens is 1. The third-order valence-electron chi connectivity index (χ3n) is 4.44. The van der Waals surface area contributed by atoms with Gasteiger partial charge in [-0.2, -0.15) is 22.4 Å². The maximum absolute atomic E-state index is 11.6. The van der Waals surface area contributed by atoms with Crippen LogP contribution >= 0.6 is 22.4 Å². The Morgan fingerprint density at radius 3 is 2.64 bits per heavy atom. The van der Waals surface area contributed by atoms with E-state index >= 15 is 0 Å². The van der Waals surface area contributed by atoms with Gasteiger partial charge in [-0.1, -0.05) is 6.32 Å². The minimum Gasteiger partial charge on any atom is -0.762 e. The fraction of sp³-hybridized carbons (Fsp3) is 0.625. The second-order valence-electron chi connectivity index (χ2n) is 6.47. The van der Waals surface area contributed by atoms with Crippen LogP contribution in [0.5, 0.6) is 0 Å². The Labute approximate surface area is 176 Å². The molecule has 1 fully saturated rings. The number of carboxylic acids is 2. The fourth-order valence-electron chi connectivity index (χ4n) is 3.02. The zero-order chi connectivity index (χ0) is 20.7. The molecule has 0 atom stereocenters. The van der Waals surface area contributed by atoms with Crippen molar-refractivity contribution >= 4 is 39.4 Å². The molecule has 2 rings (SSSR count). The second-order valence-corrected chi connectivity index (χ2v) is 7.35. The first kappa shape index (κ1) is 22.9. The number of carboxylic acid groups (broad SMARTS) is 2. The van der Waals surface area contributed by atoms with E-state index in [1.54, 1.807) is 0 Å². The second kappa shape index (κ2) is 11.0. The molecule has 0 aromatic rings. The van der Waals surface area contributed by atoms with Crippen LogP contribution in [0.15, 0.2) is 22.7 Å². The predicted octanol–water partition coefficient (Wildman–Crippen LogP) is 1.31. The summed E-state index contributed by atoms with van der Waals surface area (Å²) >= 11 is 2.12. The monoisotopic (exact) mass is 508 g/mol. The Balaban J connectivity index is 1.83. The highest BCUT2D eigenvalue weighted by atomic mass is 127. The fourth-order valence-corrected chi connectivity index (χ4v) is 3.33. The molecule has 0 amide bonds. The van der Waals surface area contributed by atoms with Crippen molar-refractivity contribution < 1.29 is 34.5 Å². The molecule has 2 aliphatic rings. The summed E-state index contributed by atoms with van der Waals surface area (Å²) in [4.78, 5) is 28.3. The van der Waals surface area contributed by atoms with Gasteiger partial charge in [0.15, 0.2) is 11.7 Å². The normalized spacial score (nSPS) is 18.4. The molecule has 10 nitrogen and oxygen atoms in total. The van der Waals surface area contributed by atoms with Crippen molar-refractivity contribution in [1.29, 1.82) is 0 Å². The van der Waals surface area contributed by atoms with Crippen LogP contribution in [0.3, 0.4) is 0 Å². The highest BCUT2D eigenvalue weighted by Crippen LogP contribution is 2.34. The lowest BCUT2D eigenvalue weighted by molar-refractivity contribution is -0.167. The molecule has 1 heterocycles. The summed E-state index contributed by atoms with van der Waals surface area (Å²) in [6, 6.07) is 0. The Bertz CT molecular complexity index is 651. The van der Waals surface area contributed by atoms with Gasteiger partial charge in [-0.3, -0.25) is 15.0 Å². The van der Waals surface area contributed by atoms with E-state index in [0.29, 0.717) is 38.9 Å². The number of allylic oxidation sites excluding steroid dienone is 2. The number of carbonyl (C=O) groups is 2. The summed E-state index contributed by atoms with van der Waals surface area (Å²) in [6.45, 7) is 0.685. The molecular weight excluding hydrogens is 486 g/mol. The smallest absolute Gasteiger partial charge is 0.342 e. The maximum atomic E-state index is 11.6. The van der Waals surface area contributed by atoms with Crippen molar-refractivity contribution in [2.24, 2.45) is 0 Å². The van der Waals surface area contributed by atoms with E-state index < -0.39 is 18.5 Å². The molecule has 0 spiro atoms. The molecule has 155 valence electrons. The summed E-state index contributed by atoms with van der Waals surface area (Å²) < 4.78 is 5.79. The first-order valence-electron chi connectivity index (χ1n) is 8.79. The Hall–Kier alpha value is -1.35. The molecule has 28 heavy (non-hydrogen) atoms. The number of nitrogens with zero attached hydrogens (tertiary/aromatic N) is 2. The predicted molar refractivity (Wildman–Crippen MR) is 108 cm³/mol. The molecule has 12 heteroatoms. The van der Waals surface area contributed by atoms with Gasteiger partial charge in [0.1, 0.15) is 23.2 Å². The molecule has 1 radical (unpaired) electrons. The van der Waals surface area contributed by atoms with E-state index in [9.17, 15) is 25.0 Å². The van der Waals surface area contributed by atoms with Crippen LogP contribution in [-0.4, -0.2) is 81.4 Å². The van der Waals surface area contributed by atoms with Crippen molar-refractivity contribution in [3.63, 3.8) is 0 Å². The number of hydrogen-bond acceptors (Lipinski definition) is 8. The molecule has 3 N–H and O–H groups in total.